The molecule has 0 atom stereocenters. The number of benzene rings is 1. The lowest BCUT2D eigenvalue weighted by Crippen LogP contribution is -2.45. The fraction of sp³-hybridized carbons (Fsp3) is 0.455. The van der Waals surface area contributed by atoms with Gasteiger partial charge in [-0.2, -0.15) is 13.2 Å². The van der Waals surface area contributed by atoms with E-state index in [1.54, 1.807) is 12.1 Å². The zero-order chi connectivity index (χ0) is 12.3. The van der Waals surface area contributed by atoms with Gasteiger partial charge < -0.3 is 10.1 Å². The maximum atomic E-state index is 12.1. The molecule has 1 aliphatic rings. The maximum absolute atomic E-state index is 12.1. The number of ether oxygens (including phenoxy) is 1. The Morgan fingerprint density at radius 2 is 1.88 bits per heavy atom. The van der Waals surface area contributed by atoms with E-state index in [1.165, 1.54) is 12.1 Å². The van der Waals surface area contributed by atoms with Crippen LogP contribution in [0.2, 0.25) is 0 Å². The molecule has 17 heavy (non-hydrogen) atoms. The molecule has 1 fully saturated rings. The van der Waals surface area contributed by atoms with Crippen molar-refractivity contribution < 1.29 is 17.9 Å². The van der Waals surface area contributed by atoms with Crippen LogP contribution in [0.1, 0.15) is 5.56 Å². The lowest BCUT2D eigenvalue weighted by molar-refractivity contribution is -0.0328. The highest BCUT2D eigenvalue weighted by molar-refractivity contribution is 8.00. The smallest absolute Gasteiger partial charge is 0.378 e. The van der Waals surface area contributed by atoms with Crippen LogP contribution >= 0.6 is 11.8 Å². The van der Waals surface area contributed by atoms with Crippen LogP contribution in [0.4, 0.5) is 13.2 Å². The Labute approximate surface area is 102 Å². The summed E-state index contributed by atoms with van der Waals surface area (Å²) in [7, 11) is 0. The first-order valence-corrected chi connectivity index (χ1v) is 6.00. The molecule has 94 valence electrons. The van der Waals surface area contributed by atoms with Crippen molar-refractivity contribution in [3.8, 4) is 0 Å². The first-order chi connectivity index (χ1) is 8.03. The molecule has 1 aliphatic heterocycles. The van der Waals surface area contributed by atoms with Gasteiger partial charge in [-0.25, -0.2) is 0 Å². The summed E-state index contributed by atoms with van der Waals surface area (Å²) in [5.74, 6) is 0. The number of hydrogen-bond acceptors (Lipinski definition) is 3. The summed E-state index contributed by atoms with van der Waals surface area (Å²) in [4.78, 5) is 0.216. The lowest BCUT2D eigenvalue weighted by atomic mass is 10.2. The Hall–Kier alpha value is -0.720. The largest absolute Gasteiger partial charge is 0.446 e. The van der Waals surface area contributed by atoms with Gasteiger partial charge in [-0.3, -0.25) is 0 Å². The molecule has 0 aliphatic carbocycles. The van der Waals surface area contributed by atoms with E-state index in [4.69, 9.17) is 4.74 Å². The molecule has 0 aromatic heterocycles. The maximum Gasteiger partial charge on any atom is 0.446 e. The van der Waals surface area contributed by atoms with Gasteiger partial charge in [0.1, 0.15) is 0 Å². The van der Waals surface area contributed by atoms with Crippen LogP contribution < -0.4 is 5.32 Å². The molecule has 1 saturated heterocycles. The molecular formula is C11H12F3NOS. The van der Waals surface area contributed by atoms with Crippen molar-refractivity contribution in [3.63, 3.8) is 0 Å². The summed E-state index contributed by atoms with van der Waals surface area (Å²) in [6.45, 7) is 2.08. The summed E-state index contributed by atoms with van der Waals surface area (Å²) in [6, 6.07) is 6.78. The van der Waals surface area contributed by atoms with Crippen LogP contribution in [-0.4, -0.2) is 24.8 Å². The first kappa shape index (κ1) is 12.7. The average molecular weight is 263 g/mol. The third-order valence-electron chi connectivity index (χ3n) is 2.39. The number of nitrogens with one attached hydrogen (secondary N) is 1. The molecular weight excluding hydrogens is 251 g/mol. The molecule has 2 nitrogen and oxygen atoms in total. The van der Waals surface area contributed by atoms with Crippen molar-refractivity contribution in [2.45, 2.75) is 23.0 Å². The Balaban J connectivity index is 1.84. The molecule has 1 heterocycles. The molecule has 1 aromatic carbocycles. The third kappa shape index (κ3) is 4.22. The van der Waals surface area contributed by atoms with Gasteiger partial charge >= 0.3 is 5.51 Å². The zero-order valence-electron chi connectivity index (χ0n) is 8.96. The normalized spacial score (nSPS) is 16.9. The van der Waals surface area contributed by atoms with Gasteiger partial charge in [0.15, 0.2) is 0 Å². The van der Waals surface area contributed by atoms with Crippen LogP contribution in [0.15, 0.2) is 29.2 Å². The number of halogens is 3. The van der Waals surface area contributed by atoms with Gasteiger partial charge in [-0.05, 0) is 29.5 Å². The number of hydrogen-bond donors (Lipinski definition) is 1. The fourth-order valence-corrected chi connectivity index (χ4v) is 1.96. The highest BCUT2D eigenvalue weighted by Gasteiger charge is 2.29. The second-order valence-electron chi connectivity index (χ2n) is 3.81. The minimum absolute atomic E-state index is 0.0909. The SMILES string of the molecule is FC(F)(F)Sc1ccc(CNC2COC2)cc1. The highest BCUT2D eigenvalue weighted by atomic mass is 32.2. The fourth-order valence-electron chi connectivity index (χ4n) is 1.42. The predicted octanol–water partition coefficient (Wildman–Crippen LogP) is 2.79. The topological polar surface area (TPSA) is 21.3 Å². The van der Waals surface area contributed by atoms with Gasteiger partial charge in [0, 0.05) is 11.4 Å². The molecule has 2 rings (SSSR count). The number of rotatable bonds is 4. The molecule has 0 bridgehead atoms. The Bertz CT molecular complexity index is 362. The number of thioether (sulfide) groups is 1. The summed E-state index contributed by atoms with van der Waals surface area (Å²) in [5, 5.41) is 3.25. The summed E-state index contributed by atoms with van der Waals surface area (Å²) in [5.41, 5.74) is -3.24. The van der Waals surface area contributed by atoms with Crippen molar-refractivity contribution >= 4 is 11.8 Å². The molecule has 0 saturated carbocycles. The van der Waals surface area contributed by atoms with Gasteiger partial charge in [-0.1, -0.05) is 12.1 Å². The Morgan fingerprint density at radius 1 is 1.24 bits per heavy atom. The standard InChI is InChI=1S/C11H12F3NOS/c12-11(13,14)17-10-3-1-8(2-4-10)5-15-9-6-16-7-9/h1-4,9,15H,5-7H2. The van der Waals surface area contributed by atoms with E-state index in [0.717, 1.165) is 5.56 Å². The lowest BCUT2D eigenvalue weighted by Gasteiger charge is -2.27. The van der Waals surface area contributed by atoms with Crippen molar-refractivity contribution in [2.24, 2.45) is 0 Å². The Morgan fingerprint density at radius 3 is 2.35 bits per heavy atom. The van der Waals surface area contributed by atoms with E-state index in [2.05, 4.69) is 5.32 Å². The van der Waals surface area contributed by atoms with E-state index >= 15 is 0 Å². The molecule has 0 amide bonds. The van der Waals surface area contributed by atoms with Crippen molar-refractivity contribution in [2.75, 3.05) is 13.2 Å². The molecule has 0 spiro atoms. The predicted molar refractivity (Wildman–Crippen MR) is 59.8 cm³/mol. The summed E-state index contributed by atoms with van der Waals surface area (Å²) in [6.07, 6.45) is 0. The van der Waals surface area contributed by atoms with Crippen LogP contribution in [0.3, 0.4) is 0 Å². The van der Waals surface area contributed by atoms with Gasteiger partial charge in [-0.15, -0.1) is 0 Å². The van der Waals surface area contributed by atoms with Crippen LogP contribution in [0, 0.1) is 0 Å². The van der Waals surface area contributed by atoms with E-state index in [0.29, 0.717) is 25.8 Å². The Kier molecular flexibility index (Phi) is 3.96. The monoisotopic (exact) mass is 263 g/mol. The average Bonchev–Trinajstić information content (AvgIpc) is 2.16. The zero-order valence-corrected chi connectivity index (χ0v) is 9.77. The minimum atomic E-state index is -4.22. The minimum Gasteiger partial charge on any atom is -0.378 e. The number of alkyl halides is 3. The summed E-state index contributed by atoms with van der Waals surface area (Å²) >= 11 is -0.0909. The van der Waals surface area contributed by atoms with Crippen molar-refractivity contribution in [1.29, 1.82) is 0 Å². The van der Waals surface area contributed by atoms with Crippen LogP contribution in [0.5, 0.6) is 0 Å². The molecule has 1 aromatic rings. The highest BCUT2D eigenvalue weighted by Crippen LogP contribution is 2.36. The van der Waals surface area contributed by atoms with Gasteiger partial charge in [0.2, 0.25) is 0 Å². The third-order valence-corrected chi connectivity index (χ3v) is 3.13. The quantitative estimate of drug-likeness (QED) is 0.844. The van der Waals surface area contributed by atoms with Crippen LogP contribution in [-0.2, 0) is 11.3 Å². The van der Waals surface area contributed by atoms with E-state index in [1.807, 2.05) is 0 Å². The molecule has 6 heteroatoms. The molecule has 0 unspecified atom stereocenters. The van der Waals surface area contributed by atoms with E-state index in [-0.39, 0.29) is 16.7 Å². The second-order valence-corrected chi connectivity index (χ2v) is 4.95. The van der Waals surface area contributed by atoms with Gasteiger partial charge in [0.25, 0.3) is 0 Å². The van der Waals surface area contributed by atoms with Crippen molar-refractivity contribution in [3.05, 3.63) is 29.8 Å². The van der Waals surface area contributed by atoms with E-state index < -0.39 is 5.51 Å². The van der Waals surface area contributed by atoms with Gasteiger partial charge in [0.05, 0.1) is 19.3 Å². The summed E-state index contributed by atoms with van der Waals surface area (Å²) < 4.78 is 41.3. The molecule has 0 radical (unpaired) electrons. The second kappa shape index (κ2) is 5.29. The van der Waals surface area contributed by atoms with Crippen molar-refractivity contribution in [1.82, 2.24) is 5.32 Å². The van der Waals surface area contributed by atoms with E-state index in [9.17, 15) is 13.2 Å². The van der Waals surface area contributed by atoms with Crippen LogP contribution in [0.25, 0.3) is 0 Å². The molecule has 1 N–H and O–H groups in total. The first-order valence-electron chi connectivity index (χ1n) is 5.19.